The average molecular weight is 351 g/mol. The van der Waals surface area contributed by atoms with Gasteiger partial charge in [-0.3, -0.25) is 4.90 Å². The van der Waals surface area contributed by atoms with Crippen LogP contribution in [0.2, 0.25) is 0 Å². The first kappa shape index (κ1) is 18.5. The summed E-state index contributed by atoms with van der Waals surface area (Å²) in [6, 6.07) is 20.5. The number of para-hydroxylation sites is 1. The highest BCUT2D eigenvalue weighted by atomic mass is 16.2. The van der Waals surface area contributed by atoms with Crippen molar-refractivity contribution in [2.75, 3.05) is 4.90 Å². The molecule has 1 N–H and O–H groups in total. The van der Waals surface area contributed by atoms with Gasteiger partial charge in [-0.25, -0.2) is 4.79 Å². The molecule has 0 atom stereocenters. The predicted octanol–water partition coefficient (Wildman–Crippen LogP) is 5.62. The number of nitrogens with one attached hydrogen (secondary N) is 1. The van der Waals surface area contributed by atoms with Gasteiger partial charge in [-0.2, -0.15) is 0 Å². The molecule has 1 fully saturated rings. The second-order valence-corrected chi connectivity index (χ2v) is 7.66. The van der Waals surface area contributed by atoms with Crippen LogP contribution in [0.25, 0.3) is 0 Å². The van der Waals surface area contributed by atoms with Gasteiger partial charge in [0, 0.05) is 18.3 Å². The third kappa shape index (κ3) is 4.66. The summed E-state index contributed by atoms with van der Waals surface area (Å²) in [6.07, 6.45) is 4.57. The van der Waals surface area contributed by atoms with Gasteiger partial charge in [-0.1, -0.05) is 62.4 Å². The Hall–Kier alpha value is -2.29. The lowest BCUT2D eigenvalue weighted by atomic mass is 9.79. The molecule has 138 valence electrons. The summed E-state index contributed by atoms with van der Waals surface area (Å²) in [4.78, 5) is 15.0. The van der Waals surface area contributed by atoms with Gasteiger partial charge >= 0.3 is 6.03 Å². The highest BCUT2D eigenvalue weighted by Crippen LogP contribution is 2.34. The van der Waals surface area contributed by atoms with Crippen molar-refractivity contribution in [3.8, 4) is 0 Å². The molecule has 0 unspecified atom stereocenters. The number of anilines is 1. The van der Waals surface area contributed by atoms with E-state index in [2.05, 4.69) is 19.2 Å². The Morgan fingerprint density at radius 2 is 1.54 bits per heavy atom. The third-order valence-corrected chi connectivity index (χ3v) is 5.59. The van der Waals surface area contributed by atoms with Crippen LogP contribution in [0, 0.1) is 11.8 Å². The molecule has 0 aromatic heterocycles. The first-order chi connectivity index (χ1) is 12.6. The molecular formula is C23H30N2O. The summed E-state index contributed by atoms with van der Waals surface area (Å²) >= 11 is 0. The summed E-state index contributed by atoms with van der Waals surface area (Å²) in [5, 5.41) is 3.12. The number of carbonyl (C=O) groups excluding carboxylic acids is 1. The van der Waals surface area contributed by atoms with Gasteiger partial charge in [0.2, 0.25) is 0 Å². The number of urea groups is 1. The Labute approximate surface area is 157 Å². The SMILES string of the molecule is CC(C)C1CCC(N(C(=O)NCc2ccccc2)c2ccccc2)CC1. The Kier molecular flexibility index (Phi) is 6.32. The standard InChI is InChI=1S/C23H30N2O/c1-18(2)20-13-15-22(16-14-20)25(21-11-7-4-8-12-21)23(26)24-17-19-9-5-3-6-10-19/h3-12,18,20,22H,13-17H2,1-2H3,(H,24,26). The summed E-state index contributed by atoms with van der Waals surface area (Å²) < 4.78 is 0. The predicted molar refractivity (Wildman–Crippen MR) is 108 cm³/mol. The van der Waals surface area contributed by atoms with Crippen LogP contribution in [0.4, 0.5) is 10.5 Å². The Morgan fingerprint density at radius 3 is 2.12 bits per heavy atom. The molecule has 0 heterocycles. The molecule has 0 saturated heterocycles. The Morgan fingerprint density at radius 1 is 0.962 bits per heavy atom. The fraction of sp³-hybridized carbons (Fsp3) is 0.435. The zero-order valence-corrected chi connectivity index (χ0v) is 15.9. The molecule has 2 aromatic rings. The second kappa shape index (κ2) is 8.88. The molecule has 1 saturated carbocycles. The van der Waals surface area contributed by atoms with E-state index < -0.39 is 0 Å². The molecule has 0 radical (unpaired) electrons. The molecule has 0 aliphatic heterocycles. The fourth-order valence-corrected chi connectivity index (χ4v) is 3.97. The zero-order chi connectivity index (χ0) is 18.4. The second-order valence-electron chi connectivity index (χ2n) is 7.66. The van der Waals surface area contributed by atoms with E-state index in [9.17, 15) is 4.79 Å². The molecule has 3 nitrogen and oxygen atoms in total. The Bertz CT molecular complexity index is 676. The van der Waals surface area contributed by atoms with Gasteiger partial charge in [-0.15, -0.1) is 0 Å². The van der Waals surface area contributed by atoms with Gasteiger partial charge in [-0.05, 0) is 55.2 Å². The van der Waals surface area contributed by atoms with Gasteiger partial charge in [0.25, 0.3) is 0 Å². The van der Waals surface area contributed by atoms with Crippen molar-refractivity contribution in [2.45, 2.75) is 52.1 Å². The van der Waals surface area contributed by atoms with E-state index >= 15 is 0 Å². The average Bonchev–Trinajstić information content (AvgIpc) is 2.69. The van der Waals surface area contributed by atoms with E-state index in [1.165, 1.54) is 12.8 Å². The molecule has 1 aliphatic carbocycles. The van der Waals surface area contributed by atoms with Gasteiger partial charge in [0.1, 0.15) is 0 Å². The molecule has 1 aliphatic rings. The van der Waals surface area contributed by atoms with Crippen molar-refractivity contribution in [1.29, 1.82) is 0 Å². The zero-order valence-electron chi connectivity index (χ0n) is 15.9. The largest absolute Gasteiger partial charge is 0.334 e. The lowest BCUT2D eigenvalue weighted by Gasteiger charge is -2.38. The highest BCUT2D eigenvalue weighted by molar-refractivity contribution is 5.92. The van der Waals surface area contributed by atoms with Crippen LogP contribution in [0.15, 0.2) is 60.7 Å². The van der Waals surface area contributed by atoms with Crippen LogP contribution < -0.4 is 10.2 Å². The lowest BCUT2D eigenvalue weighted by Crippen LogP contribution is -2.47. The monoisotopic (exact) mass is 350 g/mol. The van der Waals surface area contributed by atoms with E-state index in [4.69, 9.17) is 0 Å². The number of hydrogen-bond donors (Lipinski definition) is 1. The van der Waals surface area contributed by atoms with E-state index in [1.807, 2.05) is 65.6 Å². The summed E-state index contributed by atoms with van der Waals surface area (Å²) in [5.74, 6) is 1.52. The van der Waals surface area contributed by atoms with Crippen LogP contribution in [0.1, 0.15) is 45.1 Å². The number of benzene rings is 2. The number of amides is 2. The minimum Gasteiger partial charge on any atom is -0.334 e. The van der Waals surface area contributed by atoms with Crippen LogP contribution in [-0.2, 0) is 6.54 Å². The van der Waals surface area contributed by atoms with Crippen molar-refractivity contribution < 1.29 is 4.79 Å². The maximum atomic E-state index is 13.0. The normalized spacial score (nSPS) is 20.0. The summed E-state index contributed by atoms with van der Waals surface area (Å²) in [6.45, 7) is 5.18. The van der Waals surface area contributed by atoms with E-state index in [0.717, 1.165) is 35.9 Å². The minimum absolute atomic E-state index is 0.00745. The van der Waals surface area contributed by atoms with Crippen molar-refractivity contribution in [3.63, 3.8) is 0 Å². The maximum absolute atomic E-state index is 13.0. The lowest BCUT2D eigenvalue weighted by molar-refractivity contribution is 0.228. The maximum Gasteiger partial charge on any atom is 0.322 e. The highest BCUT2D eigenvalue weighted by Gasteiger charge is 2.30. The van der Waals surface area contributed by atoms with Crippen LogP contribution >= 0.6 is 0 Å². The van der Waals surface area contributed by atoms with Crippen LogP contribution in [0.3, 0.4) is 0 Å². The third-order valence-electron chi connectivity index (χ3n) is 5.59. The number of rotatable bonds is 5. The molecular weight excluding hydrogens is 320 g/mol. The minimum atomic E-state index is 0.00745. The summed E-state index contributed by atoms with van der Waals surface area (Å²) in [7, 11) is 0. The van der Waals surface area contributed by atoms with Gasteiger partial charge in [0.15, 0.2) is 0 Å². The van der Waals surface area contributed by atoms with Crippen molar-refractivity contribution in [2.24, 2.45) is 11.8 Å². The smallest absolute Gasteiger partial charge is 0.322 e. The van der Waals surface area contributed by atoms with Crippen molar-refractivity contribution >= 4 is 11.7 Å². The van der Waals surface area contributed by atoms with Gasteiger partial charge in [0.05, 0.1) is 0 Å². The molecule has 2 aromatic carbocycles. The molecule has 3 rings (SSSR count). The van der Waals surface area contributed by atoms with Crippen LogP contribution in [-0.4, -0.2) is 12.1 Å². The molecule has 2 amide bonds. The summed E-state index contributed by atoms with van der Waals surface area (Å²) in [5.41, 5.74) is 2.11. The first-order valence-corrected chi connectivity index (χ1v) is 9.81. The van der Waals surface area contributed by atoms with E-state index in [-0.39, 0.29) is 12.1 Å². The fourth-order valence-electron chi connectivity index (χ4n) is 3.97. The van der Waals surface area contributed by atoms with E-state index in [0.29, 0.717) is 6.54 Å². The number of nitrogens with zero attached hydrogens (tertiary/aromatic N) is 1. The van der Waals surface area contributed by atoms with Crippen molar-refractivity contribution in [3.05, 3.63) is 66.2 Å². The molecule has 3 heteroatoms. The molecule has 26 heavy (non-hydrogen) atoms. The quantitative estimate of drug-likeness (QED) is 0.746. The van der Waals surface area contributed by atoms with E-state index in [1.54, 1.807) is 0 Å². The number of carbonyl (C=O) groups is 1. The Balaban J connectivity index is 1.71. The van der Waals surface area contributed by atoms with Gasteiger partial charge < -0.3 is 5.32 Å². The first-order valence-electron chi connectivity index (χ1n) is 9.81. The van der Waals surface area contributed by atoms with Crippen LogP contribution in [0.5, 0.6) is 0 Å². The molecule has 0 bridgehead atoms. The number of hydrogen-bond acceptors (Lipinski definition) is 1. The molecule has 0 spiro atoms. The topological polar surface area (TPSA) is 32.3 Å². The van der Waals surface area contributed by atoms with Crippen molar-refractivity contribution in [1.82, 2.24) is 5.32 Å².